The maximum absolute atomic E-state index is 11.4. The summed E-state index contributed by atoms with van der Waals surface area (Å²) in [5.41, 5.74) is 7.69. The van der Waals surface area contributed by atoms with Gasteiger partial charge in [-0.05, 0) is 18.2 Å². The van der Waals surface area contributed by atoms with Crippen molar-refractivity contribution in [1.82, 2.24) is 10.2 Å². The summed E-state index contributed by atoms with van der Waals surface area (Å²) in [6.45, 7) is 2.99. The lowest BCUT2D eigenvalue weighted by Crippen LogP contribution is -2.35. The third kappa shape index (κ3) is 2.87. The lowest BCUT2D eigenvalue weighted by molar-refractivity contribution is 0.218. The zero-order valence-corrected chi connectivity index (χ0v) is 11.9. The summed E-state index contributed by atoms with van der Waals surface area (Å²) in [6, 6.07) is 5.84. The summed E-state index contributed by atoms with van der Waals surface area (Å²) < 4.78 is 0.969. The lowest BCUT2D eigenvalue weighted by Gasteiger charge is -2.24. The Morgan fingerprint density at radius 3 is 2.94 bits per heavy atom. The van der Waals surface area contributed by atoms with Gasteiger partial charge in [-0.25, -0.2) is 4.79 Å². The fourth-order valence-corrected chi connectivity index (χ4v) is 2.37. The minimum Gasteiger partial charge on any atom is -0.397 e. The van der Waals surface area contributed by atoms with Crippen molar-refractivity contribution in [1.29, 1.82) is 0 Å². The number of amides is 2. The van der Waals surface area contributed by atoms with Crippen molar-refractivity contribution < 1.29 is 4.79 Å². The zero-order chi connectivity index (χ0) is 13.1. The first-order valence-electron chi connectivity index (χ1n) is 5.87. The van der Waals surface area contributed by atoms with Gasteiger partial charge in [-0.1, -0.05) is 15.9 Å². The van der Waals surface area contributed by atoms with Crippen molar-refractivity contribution in [3.05, 3.63) is 22.7 Å². The van der Waals surface area contributed by atoms with Crippen LogP contribution in [0.15, 0.2) is 22.7 Å². The van der Waals surface area contributed by atoms with Gasteiger partial charge in [-0.15, -0.1) is 0 Å². The van der Waals surface area contributed by atoms with Gasteiger partial charge >= 0.3 is 6.03 Å². The van der Waals surface area contributed by atoms with E-state index < -0.39 is 0 Å². The molecule has 0 atom stereocenters. The fourth-order valence-electron chi connectivity index (χ4n) is 1.99. The molecule has 2 amide bonds. The Hall–Kier alpha value is -1.43. The van der Waals surface area contributed by atoms with E-state index in [-0.39, 0.29) is 6.03 Å². The summed E-state index contributed by atoms with van der Waals surface area (Å²) in [6.07, 6.45) is 0. The number of carbonyl (C=O) groups is 1. The topological polar surface area (TPSA) is 61.6 Å². The Morgan fingerprint density at radius 1 is 1.56 bits per heavy atom. The van der Waals surface area contributed by atoms with Gasteiger partial charge in [-0.3, -0.25) is 0 Å². The molecular weight excluding hydrogens is 296 g/mol. The molecule has 1 saturated heterocycles. The number of nitrogens with zero attached hydrogens (tertiary/aromatic N) is 2. The molecule has 0 bridgehead atoms. The minimum atomic E-state index is 0.0205. The number of urea groups is 1. The molecule has 0 spiro atoms. The number of nitrogens with one attached hydrogen (secondary N) is 1. The van der Waals surface area contributed by atoms with Gasteiger partial charge in [0.2, 0.25) is 0 Å². The van der Waals surface area contributed by atoms with E-state index >= 15 is 0 Å². The van der Waals surface area contributed by atoms with Crippen LogP contribution in [0.5, 0.6) is 0 Å². The van der Waals surface area contributed by atoms with Crippen LogP contribution in [0.4, 0.5) is 16.2 Å². The molecule has 0 unspecified atom stereocenters. The maximum atomic E-state index is 11.4. The number of benzene rings is 1. The first-order valence-corrected chi connectivity index (χ1v) is 6.66. The molecule has 0 aromatic heterocycles. The van der Waals surface area contributed by atoms with Crippen LogP contribution in [0.2, 0.25) is 0 Å². The van der Waals surface area contributed by atoms with Crippen LogP contribution in [0, 0.1) is 0 Å². The highest BCUT2D eigenvalue weighted by atomic mass is 79.9. The lowest BCUT2D eigenvalue weighted by atomic mass is 10.2. The number of carbonyl (C=O) groups excluding carboxylic acids is 1. The van der Waals surface area contributed by atoms with Crippen molar-refractivity contribution in [2.75, 3.05) is 43.9 Å². The molecule has 0 saturated carbocycles. The Morgan fingerprint density at radius 2 is 2.33 bits per heavy atom. The number of likely N-dealkylation sites (N-methyl/N-ethyl adjacent to an activating group) is 1. The van der Waals surface area contributed by atoms with E-state index in [2.05, 4.69) is 26.1 Å². The van der Waals surface area contributed by atoms with Crippen LogP contribution >= 0.6 is 15.9 Å². The molecule has 1 aromatic rings. The standard InChI is InChI=1S/C12H17BrN4O/c1-16(6-7-17-5-4-15-12(17)18)11-3-2-9(13)8-10(11)14/h2-3,8H,4-7,14H2,1H3,(H,15,18). The predicted octanol–water partition coefficient (Wildman–Crippen LogP) is 1.49. The number of rotatable bonds is 4. The number of anilines is 2. The number of hydrogen-bond acceptors (Lipinski definition) is 3. The van der Waals surface area contributed by atoms with Crippen LogP contribution in [0.25, 0.3) is 0 Å². The van der Waals surface area contributed by atoms with Crippen molar-refractivity contribution in [3.63, 3.8) is 0 Å². The summed E-state index contributed by atoms with van der Waals surface area (Å²) in [7, 11) is 1.98. The van der Waals surface area contributed by atoms with Crippen molar-refractivity contribution in [2.24, 2.45) is 0 Å². The molecule has 0 aliphatic carbocycles. The fraction of sp³-hybridized carbons (Fsp3) is 0.417. The zero-order valence-electron chi connectivity index (χ0n) is 10.3. The van der Waals surface area contributed by atoms with Crippen LogP contribution in [0.1, 0.15) is 0 Å². The Kier molecular flexibility index (Phi) is 3.96. The smallest absolute Gasteiger partial charge is 0.317 e. The third-order valence-corrected chi connectivity index (χ3v) is 3.54. The minimum absolute atomic E-state index is 0.0205. The second kappa shape index (κ2) is 5.48. The molecule has 18 heavy (non-hydrogen) atoms. The van der Waals surface area contributed by atoms with Crippen molar-refractivity contribution in [2.45, 2.75) is 0 Å². The molecule has 1 fully saturated rings. The third-order valence-electron chi connectivity index (χ3n) is 3.05. The van der Waals surface area contributed by atoms with Crippen molar-refractivity contribution >= 4 is 33.3 Å². The first-order chi connectivity index (χ1) is 8.58. The number of halogens is 1. The molecular formula is C12H17BrN4O. The van der Waals surface area contributed by atoms with Crippen molar-refractivity contribution in [3.8, 4) is 0 Å². The van der Waals surface area contributed by atoms with E-state index in [0.29, 0.717) is 6.54 Å². The van der Waals surface area contributed by atoms with E-state index in [0.717, 1.165) is 35.5 Å². The summed E-state index contributed by atoms with van der Waals surface area (Å²) in [5, 5.41) is 2.79. The molecule has 1 aromatic carbocycles. The summed E-state index contributed by atoms with van der Waals surface area (Å²) in [4.78, 5) is 15.3. The Balaban J connectivity index is 1.95. The van der Waals surface area contributed by atoms with E-state index in [9.17, 15) is 4.79 Å². The molecule has 2 rings (SSSR count). The second-order valence-electron chi connectivity index (χ2n) is 4.34. The quantitative estimate of drug-likeness (QED) is 0.828. The van der Waals surface area contributed by atoms with E-state index in [1.165, 1.54) is 0 Å². The number of nitrogens with two attached hydrogens (primary N) is 1. The molecule has 1 aliphatic heterocycles. The van der Waals surface area contributed by atoms with Gasteiger partial charge in [0.15, 0.2) is 0 Å². The average molecular weight is 313 g/mol. The molecule has 3 N–H and O–H groups in total. The highest BCUT2D eigenvalue weighted by molar-refractivity contribution is 9.10. The monoisotopic (exact) mass is 312 g/mol. The highest BCUT2D eigenvalue weighted by Crippen LogP contribution is 2.25. The number of hydrogen-bond donors (Lipinski definition) is 2. The molecule has 5 nitrogen and oxygen atoms in total. The summed E-state index contributed by atoms with van der Waals surface area (Å²) in [5.74, 6) is 0. The van der Waals surface area contributed by atoms with Crippen LogP contribution in [0.3, 0.4) is 0 Å². The average Bonchev–Trinajstić information content (AvgIpc) is 2.72. The molecule has 1 aliphatic rings. The van der Waals surface area contributed by atoms with Gasteiger partial charge in [-0.2, -0.15) is 0 Å². The molecule has 0 radical (unpaired) electrons. The molecule has 1 heterocycles. The van der Waals surface area contributed by atoms with E-state index in [4.69, 9.17) is 5.73 Å². The first kappa shape index (κ1) is 13.0. The van der Waals surface area contributed by atoms with Gasteiger partial charge in [0.1, 0.15) is 0 Å². The van der Waals surface area contributed by atoms with Crippen LogP contribution < -0.4 is 16.0 Å². The summed E-state index contributed by atoms with van der Waals surface area (Å²) >= 11 is 3.39. The Labute approximate surface area is 115 Å². The van der Waals surface area contributed by atoms with Gasteiger partial charge < -0.3 is 20.9 Å². The van der Waals surface area contributed by atoms with E-state index in [1.54, 1.807) is 0 Å². The van der Waals surface area contributed by atoms with Gasteiger partial charge in [0, 0.05) is 37.7 Å². The predicted molar refractivity (Wildman–Crippen MR) is 76.8 cm³/mol. The van der Waals surface area contributed by atoms with Crippen LogP contribution in [-0.2, 0) is 0 Å². The largest absolute Gasteiger partial charge is 0.397 e. The molecule has 98 valence electrons. The normalized spacial score (nSPS) is 14.8. The maximum Gasteiger partial charge on any atom is 0.317 e. The second-order valence-corrected chi connectivity index (χ2v) is 5.26. The SMILES string of the molecule is CN(CCN1CCNC1=O)c1ccc(Br)cc1N. The van der Waals surface area contributed by atoms with E-state index in [1.807, 2.05) is 30.1 Å². The highest BCUT2D eigenvalue weighted by Gasteiger charge is 2.19. The molecule has 6 heteroatoms. The van der Waals surface area contributed by atoms with Gasteiger partial charge in [0.25, 0.3) is 0 Å². The van der Waals surface area contributed by atoms with Gasteiger partial charge in [0.05, 0.1) is 11.4 Å². The van der Waals surface area contributed by atoms with Crippen LogP contribution in [-0.4, -0.2) is 44.2 Å². The number of nitrogen functional groups attached to an aromatic ring is 1. The Bertz CT molecular complexity index is 452.